The van der Waals surface area contributed by atoms with Gasteiger partial charge in [0.15, 0.2) is 0 Å². The predicted molar refractivity (Wildman–Crippen MR) is 82.5 cm³/mol. The molecule has 1 saturated heterocycles. The Bertz CT molecular complexity index is 702. The molecule has 1 aromatic rings. The SMILES string of the molecule is Cc1cc(C(=O)N2CCCC2C(=O)NCC(=O)O)ccc1[N+](=O)[O-]. The molecule has 2 amide bonds. The minimum Gasteiger partial charge on any atom is -0.480 e. The number of carboxylic acids is 1. The van der Waals surface area contributed by atoms with Crippen LogP contribution >= 0.6 is 0 Å². The van der Waals surface area contributed by atoms with Crippen LogP contribution in [0.2, 0.25) is 0 Å². The highest BCUT2D eigenvalue weighted by molar-refractivity contribution is 5.98. The van der Waals surface area contributed by atoms with Crippen molar-refractivity contribution in [1.82, 2.24) is 10.2 Å². The van der Waals surface area contributed by atoms with Crippen LogP contribution in [0.25, 0.3) is 0 Å². The number of nitro benzene ring substituents is 1. The lowest BCUT2D eigenvalue weighted by atomic mass is 10.1. The number of nitrogens with one attached hydrogen (secondary N) is 1. The van der Waals surface area contributed by atoms with Gasteiger partial charge in [-0.1, -0.05) is 0 Å². The Morgan fingerprint density at radius 1 is 1.42 bits per heavy atom. The van der Waals surface area contributed by atoms with Crippen LogP contribution in [0.5, 0.6) is 0 Å². The number of likely N-dealkylation sites (tertiary alicyclic amines) is 1. The highest BCUT2D eigenvalue weighted by Gasteiger charge is 2.34. The second-order valence-electron chi connectivity index (χ2n) is 5.53. The van der Waals surface area contributed by atoms with Crippen molar-refractivity contribution in [3.8, 4) is 0 Å². The Balaban J connectivity index is 2.16. The van der Waals surface area contributed by atoms with E-state index < -0.39 is 35.3 Å². The molecule has 0 bridgehead atoms. The number of carbonyl (C=O) groups excluding carboxylic acids is 2. The predicted octanol–water partition coefficient (Wildman–Crippen LogP) is 0.709. The second-order valence-corrected chi connectivity index (χ2v) is 5.53. The van der Waals surface area contributed by atoms with Crippen molar-refractivity contribution in [3.05, 3.63) is 39.4 Å². The van der Waals surface area contributed by atoms with Gasteiger partial charge in [-0.3, -0.25) is 24.5 Å². The smallest absolute Gasteiger partial charge is 0.322 e. The van der Waals surface area contributed by atoms with Gasteiger partial charge in [-0.25, -0.2) is 0 Å². The average molecular weight is 335 g/mol. The van der Waals surface area contributed by atoms with Crippen molar-refractivity contribution in [2.24, 2.45) is 0 Å². The maximum absolute atomic E-state index is 12.6. The van der Waals surface area contributed by atoms with E-state index in [4.69, 9.17) is 5.11 Å². The molecule has 0 saturated carbocycles. The summed E-state index contributed by atoms with van der Waals surface area (Å²) in [7, 11) is 0. The van der Waals surface area contributed by atoms with E-state index in [0.717, 1.165) is 0 Å². The van der Waals surface area contributed by atoms with Gasteiger partial charge in [0.25, 0.3) is 11.6 Å². The number of hydrogen-bond acceptors (Lipinski definition) is 5. The highest BCUT2D eigenvalue weighted by atomic mass is 16.6. The van der Waals surface area contributed by atoms with Crippen LogP contribution in [-0.4, -0.2) is 51.8 Å². The molecule has 1 atom stereocenters. The summed E-state index contributed by atoms with van der Waals surface area (Å²) in [6.07, 6.45) is 1.08. The van der Waals surface area contributed by atoms with Crippen LogP contribution in [0.4, 0.5) is 5.69 Å². The first-order valence-electron chi connectivity index (χ1n) is 7.36. The normalized spacial score (nSPS) is 16.7. The molecule has 0 spiro atoms. The van der Waals surface area contributed by atoms with Gasteiger partial charge in [0.05, 0.1) is 4.92 Å². The zero-order chi connectivity index (χ0) is 17.9. The van der Waals surface area contributed by atoms with Crippen molar-refractivity contribution in [2.75, 3.05) is 13.1 Å². The number of hydrogen-bond donors (Lipinski definition) is 2. The van der Waals surface area contributed by atoms with Gasteiger partial charge in [0, 0.05) is 23.7 Å². The molecule has 1 aliphatic rings. The highest BCUT2D eigenvalue weighted by Crippen LogP contribution is 2.23. The van der Waals surface area contributed by atoms with Crippen LogP contribution in [0.3, 0.4) is 0 Å². The van der Waals surface area contributed by atoms with Crippen LogP contribution in [0.15, 0.2) is 18.2 Å². The summed E-state index contributed by atoms with van der Waals surface area (Å²) in [4.78, 5) is 46.9. The summed E-state index contributed by atoms with van der Waals surface area (Å²) in [6.45, 7) is 1.41. The summed E-state index contributed by atoms with van der Waals surface area (Å²) >= 11 is 0. The Labute approximate surface area is 137 Å². The van der Waals surface area contributed by atoms with Crippen molar-refractivity contribution in [1.29, 1.82) is 0 Å². The first-order valence-corrected chi connectivity index (χ1v) is 7.36. The molecule has 0 aromatic heterocycles. The van der Waals surface area contributed by atoms with Gasteiger partial charge in [0.1, 0.15) is 12.6 Å². The Kier molecular flexibility index (Phi) is 5.12. The monoisotopic (exact) mass is 335 g/mol. The molecule has 1 aliphatic heterocycles. The average Bonchev–Trinajstić information content (AvgIpc) is 3.00. The van der Waals surface area contributed by atoms with Crippen LogP contribution in [0, 0.1) is 17.0 Å². The van der Waals surface area contributed by atoms with Gasteiger partial charge < -0.3 is 15.3 Å². The molecule has 1 aromatic carbocycles. The molecule has 2 rings (SSSR count). The Morgan fingerprint density at radius 2 is 2.12 bits per heavy atom. The van der Waals surface area contributed by atoms with E-state index in [1.807, 2.05) is 0 Å². The number of aliphatic carboxylic acids is 1. The van der Waals surface area contributed by atoms with E-state index in [-0.39, 0.29) is 11.3 Å². The molecule has 9 nitrogen and oxygen atoms in total. The summed E-state index contributed by atoms with van der Waals surface area (Å²) in [5, 5.41) is 21.7. The molecule has 1 heterocycles. The third-order valence-corrected chi connectivity index (χ3v) is 3.87. The molecular formula is C15H17N3O6. The minimum absolute atomic E-state index is 0.0799. The maximum atomic E-state index is 12.6. The zero-order valence-electron chi connectivity index (χ0n) is 13.0. The number of carbonyl (C=O) groups is 3. The van der Waals surface area contributed by atoms with E-state index in [9.17, 15) is 24.5 Å². The van der Waals surface area contributed by atoms with Crippen LogP contribution < -0.4 is 5.32 Å². The van der Waals surface area contributed by atoms with E-state index in [2.05, 4.69) is 5.32 Å². The molecule has 2 N–H and O–H groups in total. The molecule has 128 valence electrons. The quantitative estimate of drug-likeness (QED) is 0.602. The van der Waals surface area contributed by atoms with Gasteiger partial charge in [0.2, 0.25) is 5.91 Å². The topological polar surface area (TPSA) is 130 Å². The minimum atomic E-state index is -1.16. The molecule has 1 unspecified atom stereocenters. The number of amides is 2. The lowest BCUT2D eigenvalue weighted by molar-refractivity contribution is -0.385. The van der Waals surface area contributed by atoms with Gasteiger partial charge in [-0.15, -0.1) is 0 Å². The van der Waals surface area contributed by atoms with Crippen molar-refractivity contribution >= 4 is 23.5 Å². The third-order valence-electron chi connectivity index (χ3n) is 3.87. The fourth-order valence-corrected chi connectivity index (χ4v) is 2.72. The molecule has 9 heteroatoms. The van der Waals surface area contributed by atoms with Crippen LogP contribution in [-0.2, 0) is 9.59 Å². The van der Waals surface area contributed by atoms with Gasteiger partial charge in [-0.2, -0.15) is 0 Å². The van der Waals surface area contributed by atoms with Crippen molar-refractivity contribution in [2.45, 2.75) is 25.8 Å². The first kappa shape index (κ1) is 17.4. The number of nitrogens with zero attached hydrogens (tertiary/aromatic N) is 2. The number of nitro groups is 1. The molecule has 24 heavy (non-hydrogen) atoms. The number of rotatable bonds is 5. The summed E-state index contributed by atoms with van der Waals surface area (Å²) in [6, 6.07) is 3.31. The second kappa shape index (κ2) is 7.07. The van der Waals surface area contributed by atoms with E-state index in [1.165, 1.54) is 30.0 Å². The van der Waals surface area contributed by atoms with Crippen molar-refractivity contribution in [3.63, 3.8) is 0 Å². The van der Waals surface area contributed by atoms with Crippen molar-refractivity contribution < 1.29 is 24.4 Å². The maximum Gasteiger partial charge on any atom is 0.322 e. The van der Waals surface area contributed by atoms with Gasteiger partial charge in [-0.05, 0) is 31.9 Å². The largest absolute Gasteiger partial charge is 0.480 e. The fourth-order valence-electron chi connectivity index (χ4n) is 2.72. The number of carboxylic acid groups (broad SMARTS) is 1. The Hall–Kier alpha value is -2.97. The summed E-state index contributed by atoms with van der Waals surface area (Å²) in [5.74, 6) is -2.08. The fraction of sp³-hybridized carbons (Fsp3) is 0.400. The van der Waals surface area contributed by atoms with E-state index in [1.54, 1.807) is 0 Å². The number of benzene rings is 1. The van der Waals surface area contributed by atoms with E-state index in [0.29, 0.717) is 24.9 Å². The lowest BCUT2D eigenvalue weighted by Gasteiger charge is -2.24. The number of aryl methyl sites for hydroxylation is 1. The molecule has 0 aliphatic carbocycles. The third kappa shape index (κ3) is 3.67. The summed E-state index contributed by atoms with van der Waals surface area (Å²) in [5.41, 5.74) is 0.539. The van der Waals surface area contributed by atoms with E-state index >= 15 is 0 Å². The standard InChI is InChI=1S/C15H17N3O6/c1-9-7-10(4-5-11(9)18(23)24)15(22)17-6-2-3-12(17)14(21)16-8-13(19)20/h4-5,7,12H,2-3,6,8H2,1H3,(H,16,21)(H,19,20). The zero-order valence-corrected chi connectivity index (χ0v) is 13.0. The molecule has 1 fully saturated rings. The first-order chi connectivity index (χ1) is 11.3. The molecular weight excluding hydrogens is 318 g/mol. The Morgan fingerprint density at radius 3 is 2.71 bits per heavy atom. The van der Waals surface area contributed by atoms with Gasteiger partial charge >= 0.3 is 5.97 Å². The molecule has 0 radical (unpaired) electrons. The lowest BCUT2D eigenvalue weighted by Crippen LogP contribution is -2.47. The summed E-state index contributed by atoms with van der Waals surface area (Å²) < 4.78 is 0. The van der Waals surface area contributed by atoms with Crippen LogP contribution in [0.1, 0.15) is 28.8 Å².